The predicted molar refractivity (Wildman–Crippen MR) is 98.4 cm³/mol. The summed E-state index contributed by atoms with van der Waals surface area (Å²) < 4.78 is 7.42. The molecule has 0 saturated carbocycles. The summed E-state index contributed by atoms with van der Waals surface area (Å²) in [6.07, 6.45) is 2.12. The first-order valence-corrected chi connectivity index (χ1v) is 8.52. The second-order valence-electron chi connectivity index (χ2n) is 5.46. The number of hydrogen-bond donors (Lipinski definition) is 1. The van der Waals surface area contributed by atoms with E-state index in [9.17, 15) is 0 Å². The molecule has 2 heterocycles. The van der Waals surface area contributed by atoms with Gasteiger partial charge in [0, 0.05) is 18.3 Å². The van der Waals surface area contributed by atoms with Gasteiger partial charge in [0.25, 0.3) is 0 Å². The number of methoxy groups -OCH3 is 1. The first kappa shape index (κ1) is 14.9. The lowest BCUT2D eigenvalue weighted by Crippen LogP contribution is -2.01. The van der Waals surface area contributed by atoms with Crippen molar-refractivity contribution in [2.45, 2.75) is 6.54 Å². The van der Waals surface area contributed by atoms with Crippen LogP contribution < -0.4 is 10.5 Å². The third-order valence-electron chi connectivity index (χ3n) is 4.02. The molecule has 2 N–H and O–H groups in total. The van der Waals surface area contributed by atoms with E-state index in [1.165, 1.54) is 10.4 Å². The van der Waals surface area contributed by atoms with Crippen LogP contribution in [0, 0.1) is 0 Å². The Kier molecular flexibility index (Phi) is 3.80. The third-order valence-corrected chi connectivity index (χ3v) is 5.05. The Morgan fingerprint density at radius 2 is 1.88 bits per heavy atom. The SMILES string of the molecule is COc1cccc(-c2nc3sc(-c4ccccc4)cn3c2CN)c1. The van der Waals surface area contributed by atoms with Gasteiger partial charge in [0.1, 0.15) is 5.75 Å². The van der Waals surface area contributed by atoms with Gasteiger partial charge in [-0.3, -0.25) is 4.40 Å². The quantitative estimate of drug-likeness (QED) is 0.608. The lowest BCUT2D eigenvalue weighted by molar-refractivity contribution is 0.415. The van der Waals surface area contributed by atoms with Crippen LogP contribution >= 0.6 is 11.3 Å². The van der Waals surface area contributed by atoms with Gasteiger partial charge < -0.3 is 10.5 Å². The second-order valence-corrected chi connectivity index (χ2v) is 6.47. The molecule has 4 aromatic rings. The summed E-state index contributed by atoms with van der Waals surface area (Å²) in [4.78, 5) is 6.96. The molecule has 0 unspecified atom stereocenters. The maximum atomic E-state index is 6.03. The highest BCUT2D eigenvalue weighted by Gasteiger charge is 2.16. The van der Waals surface area contributed by atoms with Crippen LogP contribution in [0.5, 0.6) is 5.75 Å². The van der Waals surface area contributed by atoms with Gasteiger partial charge in [0.05, 0.1) is 23.4 Å². The van der Waals surface area contributed by atoms with Crippen molar-refractivity contribution < 1.29 is 4.74 Å². The van der Waals surface area contributed by atoms with Crippen molar-refractivity contribution in [1.29, 1.82) is 0 Å². The fourth-order valence-corrected chi connectivity index (χ4v) is 3.83. The largest absolute Gasteiger partial charge is 0.497 e. The third kappa shape index (κ3) is 2.48. The van der Waals surface area contributed by atoms with Gasteiger partial charge in [0.2, 0.25) is 0 Å². The van der Waals surface area contributed by atoms with E-state index < -0.39 is 0 Å². The number of benzene rings is 2. The van der Waals surface area contributed by atoms with Crippen molar-refractivity contribution in [3.8, 4) is 27.4 Å². The highest BCUT2D eigenvalue weighted by Crippen LogP contribution is 2.33. The van der Waals surface area contributed by atoms with Crippen LogP contribution in [0.4, 0.5) is 0 Å². The fraction of sp³-hybridized carbons (Fsp3) is 0.105. The Labute approximate surface area is 144 Å². The second kappa shape index (κ2) is 6.11. The Balaban J connectivity index is 1.85. The van der Waals surface area contributed by atoms with Crippen LogP contribution in [0.3, 0.4) is 0 Å². The number of rotatable bonds is 4. The normalized spacial score (nSPS) is 11.1. The molecular formula is C19H17N3OS. The fourth-order valence-electron chi connectivity index (χ4n) is 2.82. The molecule has 4 nitrogen and oxygen atoms in total. The predicted octanol–water partition coefficient (Wildman–Crippen LogP) is 4.20. The molecule has 0 amide bonds. The molecule has 2 aromatic carbocycles. The molecule has 0 aliphatic carbocycles. The molecule has 0 fully saturated rings. The van der Waals surface area contributed by atoms with Crippen LogP contribution in [-0.4, -0.2) is 16.5 Å². The van der Waals surface area contributed by atoms with E-state index in [2.05, 4.69) is 22.7 Å². The number of ether oxygens (including phenoxy) is 1. The summed E-state index contributed by atoms with van der Waals surface area (Å²) in [6, 6.07) is 18.2. The number of thiazole rings is 1. The van der Waals surface area contributed by atoms with Crippen molar-refractivity contribution in [1.82, 2.24) is 9.38 Å². The summed E-state index contributed by atoms with van der Waals surface area (Å²) in [6.45, 7) is 0.429. The first-order chi connectivity index (χ1) is 11.8. The van der Waals surface area contributed by atoms with Crippen molar-refractivity contribution in [3.63, 3.8) is 0 Å². The zero-order chi connectivity index (χ0) is 16.5. The van der Waals surface area contributed by atoms with Gasteiger partial charge in [-0.05, 0) is 17.7 Å². The van der Waals surface area contributed by atoms with Gasteiger partial charge in [-0.15, -0.1) is 0 Å². The molecule has 120 valence electrons. The number of aromatic nitrogens is 2. The van der Waals surface area contributed by atoms with Crippen LogP contribution in [-0.2, 0) is 6.54 Å². The van der Waals surface area contributed by atoms with Crippen molar-refractivity contribution >= 4 is 16.3 Å². The van der Waals surface area contributed by atoms with Gasteiger partial charge in [0.15, 0.2) is 4.96 Å². The average Bonchev–Trinajstić information content (AvgIpc) is 3.20. The van der Waals surface area contributed by atoms with Gasteiger partial charge >= 0.3 is 0 Å². The van der Waals surface area contributed by atoms with Gasteiger partial charge in [-0.1, -0.05) is 53.8 Å². The molecule has 5 heteroatoms. The number of hydrogen-bond acceptors (Lipinski definition) is 4. The Morgan fingerprint density at radius 1 is 1.08 bits per heavy atom. The molecule has 0 bridgehead atoms. The standard InChI is InChI=1S/C19H17N3OS/c1-23-15-9-5-8-14(10-15)18-16(11-20)22-12-17(24-19(22)21-18)13-6-3-2-4-7-13/h2-10,12H,11,20H2,1H3. The molecule has 4 rings (SSSR count). The average molecular weight is 335 g/mol. The monoisotopic (exact) mass is 335 g/mol. The van der Waals surface area contributed by atoms with Gasteiger partial charge in [-0.2, -0.15) is 0 Å². The van der Waals surface area contributed by atoms with E-state index in [-0.39, 0.29) is 0 Å². The smallest absolute Gasteiger partial charge is 0.195 e. The minimum absolute atomic E-state index is 0.429. The van der Waals surface area contributed by atoms with Gasteiger partial charge in [-0.25, -0.2) is 4.98 Å². The molecule has 0 atom stereocenters. The minimum Gasteiger partial charge on any atom is -0.497 e. The zero-order valence-electron chi connectivity index (χ0n) is 13.3. The molecule has 0 saturated heterocycles. The molecular weight excluding hydrogens is 318 g/mol. The van der Waals surface area contributed by atoms with E-state index >= 15 is 0 Å². The van der Waals surface area contributed by atoms with E-state index in [4.69, 9.17) is 15.5 Å². The molecule has 24 heavy (non-hydrogen) atoms. The molecule has 0 aliphatic rings. The number of fused-ring (bicyclic) bond motifs is 1. The lowest BCUT2D eigenvalue weighted by atomic mass is 10.1. The van der Waals surface area contributed by atoms with E-state index in [0.717, 1.165) is 27.7 Å². The first-order valence-electron chi connectivity index (χ1n) is 7.71. The van der Waals surface area contributed by atoms with E-state index in [1.54, 1.807) is 18.4 Å². The van der Waals surface area contributed by atoms with E-state index in [0.29, 0.717) is 6.54 Å². The Hall–Kier alpha value is -2.63. The summed E-state index contributed by atoms with van der Waals surface area (Å²) in [5.41, 5.74) is 10.2. The van der Waals surface area contributed by atoms with Crippen LogP contribution in [0.25, 0.3) is 26.7 Å². The molecule has 0 radical (unpaired) electrons. The maximum Gasteiger partial charge on any atom is 0.195 e. The van der Waals surface area contributed by atoms with E-state index in [1.807, 2.05) is 42.5 Å². The van der Waals surface area contributed by atoms with Crippen LogP contribution in [0.2, 0.25) is 0 Å². The minimum atomic E-state index is 0.429. The summed E-state index contributed by atoms with van der Waals surface area (Å²) in [5, 5.41) is 0. The van der Waals surface area contributed by atoms with Crippen molar-refractivity contribution in [2.24, 2.45) is 5.73 Å². The van der Waals surface area contributed by atoms with Crippen LogP contribution in [0.15, 0.2) is 60.8 Å². The van der Waals surface area contributed by atoms with Crippen molar-refractivity contribution in [3.05, 3.63) is 66.5 Å². The van der Waals surface area contributed by atoms with Crippen LogP contribution in [0.1, 0.15) is 5.69 Å². The molecule has 0 spiro atoms. The number of nitrogens with two attached hydrogens (primary N) is 1. The Bertz CT molecular complexity index is 988. The van der Waals surface area contributed by atoms with Crippen molar-refractivity contribution in [2.75, 3.05) is 7.11 Å². The maximum absolute atomic E-state index is 6.03. The topological polar surface area (TPSA) is 52.5 Å². The highest BCUT2D eigenvalue weighted by molar-refractivity contribution is 7.20. The summed E-state index contributed by atoms with van der Waals surface area (Å²) in [5.74, 6) is 0.816. The molecule has 0 aliphatic heterocycles. The lowest BCUT2D eigenvalue weighted by Gasteiger charge is -2.04. The molecule has 2 aromatic heterocycles. The zero-order valence-corrected chi connectivity index (χ0v) is 14.1. The number of nitrogens with zero attached hydrogens (tertiary/aromatic N) is 2. The summed E-state index contributed by atoms with van der Waals surface area (Å²) >= 11 is 1.67. The number of imidazole rings is 1. The highest BCUT2D eigenvalue weighted by atomic mass is 32.1. The summed E-state index contributed by atoms with van der Waals surface area (Å²) in [7, 11) is 1.67. The Morgan fingerprint density at radius 3 is 2.62 bits per heavy atom.